The Bertz CT molecular complexity index is 691. The number of benzene rings is 2. The van der Waals surface area contributed by atoms with Crippen molar-refractivity contribution in [3.63, 3.8) is 0 Å². The van der Waals surface area contributed by atoms with Gasteiger partial charge in [-0.05, 0) is 47.7 Å². The van der Waals surface area contributed by atoms with Crippen molar-refractivity contribution in [3.8, 4) is 5.75 Å². The molecule has 3 nitrogen and oxygen atoms in total. The topological polar surface area (TPSA) is 29.5 Å². The van der Waals surface area contributed by atoms with E-state index in [1.54, 1.807) is 7.11 Å². The first kappa shape index (κ1) is 15.6. The summed E-state index contributed by atoms with van der Waals surface area (Å²) < 4.78 is 5.18. The van der Waals surface area contributed by atoms with Gasteiger partial charge in [-0.3, -0.25) is 4.79 Å². The van der Waals surface area contributed by atoms with Gasteiger partial charge in [0.1, 0.15) is 5.75 Å². The smallest absolute Gasteiger partial charge is 0.254 e. The molecule has 1 heterocycles. The van der Waals surface area contributed by atoms with Gasteiger partial charge in [0, 0.05) is 18.7 Å². The maximum Gasteiger partial charge on any atom is 0.254 e. The van der Waals surface area contributed by atoms with Gasteiger partial charge in [-0.25, -0.2) is 0 Å². The molecular weight excluding hydrogens is 286 g/mol. The first-order valence-electron chi connectivity index (χ1n) is 8.25. The van der Waals surface area contributed by atoms with E-state index in [-0.39, 0.29) is 5.91 Å². The van der Waals surface area contributed by atoms with E-state index in [0.29, 0.717) is 6.54 Å². The average molecular weight is 309 g/mol. The molecule has 0 saturated carbocycles. The molecule has 3 heteroatoms. The third-order valence-corrected chi connectivity index (χ3v) is 4.41. The lowest BCUT2D eigenvalue weighted by atomic mass is 9.95. The second-order valence-electron chi connectivity index (χ2n) is 6.07. The van der Waals surface area contributed by atoms with Gasteiger partial charge in [-0.2, -0.15) is 0 Å². The van der Waals surface area contributed by atoms with Gasteiger partial charge in [0.05, 0.1) is 7.11 Å². The highest BCUT2D eigenvalue weighted by Gasteiger charge is 2.24. The molecule has 0 spiro atoms. The number of ether oxygens (including phenoxy) is 1. The van der Waals surface area contributed by atoms with Gasteiger partial charge in [0.25, 0.3) is 5.91 Å². The van der Waals surface area contributed by atoms with Crippen LogP contribution in [0.4, 0.5) is 0 Å². The van der Waals surface area contributed by atoms with Crippen LogP contribution in [0.1, 0.15) is 40.4 Å². The first-order chi connectivity index (χ1) is 11.2. The maximum atomic E-state index is 12.8. The minimum absolute atomic E-state index is 0.153. The largest absolute Gasteiger partial charge is 0.497 e. The summed E-state index contributed by atoms with van der Waals surface area (Å²) in [6.07, 6.45) is 3.06. The Morgan fingerprint density at radius 1 is 1.09 bits per heavy atom. The van der Waals surface area contributed by atoms with Crippen molar-refractivity contribution in [3.05, 3.63) is 64.7 Å². The summed E-state index contributed by atoms with van der Waals surface area (Å²) in [7, 11) is 1.66. The number of hydrogen-bond acceptors (Lipinski definition) is 2. The number of rotatable bonds is 5. The first-order valence-corrected chi connectivity index (χ1v) is 8.25. The van der Waals surface area contributed by atoms with Crippen molar-refractivity contribution in [1.82, 2.24) is 4.90 Å². The quantitative estimate of drug-likeness (QED) is 0.839. The maximum absolute atomic E-state index is 12.8. The summed E-state index contributed by atoms with van der Waals surface area (Å²) in [5, 5.41) is 0. The van der Waals surface area contributed by atoms with Crippen LogP contribution in [0.25, 0.3) is 0 Å². The van der Waals surface area contributed by atoms with Gasteiger partial charge < -0.3 is 9.64 Å². The number of carbonyl (C=O) groups excluding carboxylic acids is 1. The number of nitrogens with zero attached hydrogens (tertiary/aromatic N) is 1. The molecule has 0 saturated heterocycles. The van der Waals surface area contributed by atoms with Crippen LogP contribution in [-0.4, -0.2) is 24.5 Å². The number of hydrogen-bond donors (Lipinski definition) is 0. The second kappa shape index (κ2) is 6.86. The molecule has 120 valence electrons. The number of aryl methyl sites for hydroxylation is 1. The Morgan fingerprint density at radius 2 is 1.83 bits per heavy atom. The molecule has 1 aliphatic rings. The van der Waals surface area contributed by atoms with Crippen LogP contribution in [0, 0.1) is 0 Å². The van der Waals surface area contributed by atoms with Crippen molar-refractivity contribution < 1.29 is 9.53 Å². The fourth-order valence-corrected chi connectivity index (χ4v) is 3.11. The Hall–Kier alpha value is -2.29. The third-order valence-electron chi connectivity index (χ3n) is 4.41. The number of fused-ring (bicyclic) bond motifs is 1. The van der Waals surface area contributed by atoms with Gasteiger partial charge in [-0.15, -0.1) is 0 Å². The standard InChI is InChI=1S/C20H23NO2/c1-3-4-15-5-8-17-11-12-21(20(22)19(17)13-15)14-16-6-9-18(23-2)10-7-16/h5-10,13H,3-4,11-12,14H2,1-2H3. The average Bonchev–Trinajstić information content (AvgIpc) is 2.59. The molecule has 1 aliphatic heterocycles. The van der Waals surface area contributed by atoms with E-state index < -0.39 is 0 Å². The predicted molar refractivity (Wildman–Crippen MR) is 91.9 cm³/mol. The van der Waals surface area contributed by atoms with Crippen molar-refractivity contribution >= 4 is 5.91 Å². The summed E-state index contributed by atoms with van der Waals surface area (Å²) in [5.74, 6) is 0.994. The molecule has 2 aromatic carbocycles. The predicted octanol–water partition coefficient (Wildman–Crippen LogP) is 3.85. The Balaban J connectivity index is 1.77. The molecule has 2 aromatic rings. The summed E-state index contributed by atoms with van der Waals surface area (Å²) in [6, 6.07) is 14.3. The van der Waals surface area contributed by atoms with Crippen molar-refractivity contribution in [2.45, 2.75) is 32.7 Å². The van der Waals surface area contributed by atoms with E-state index in [2.05, 4.69) is 25.1 Å². The van der Waals surface area contributed by atoms with Crippen molar-refractivity contribution in [1.29, 1.82) is 0 Å². The molecule has 0 bridgehead atoms. The Morgan fingerprint density at radius 3 is 2.52 bits per heavy atom. The van der Waals surface area contributed by atoms with Gasteiger partial charge in [0.15, 0.2) is 0 Å². The molecule has 0 aromatic heterocycles. The minimum Gasteiger partial charge on any atom is -0.497 e. The lowest BCUT2D eigenvalue weighted by molar-refractivity contribution is 0.0727. The number of amides is 1. The van der Waals surface area contributed by atoms with Crippen molar-refractivity contribution in [2.75, 3.05) is 13.7 Å². The highest BCUT2D eigenvalue weighted by atomic mass is 16.5. The summed E-state index contributed by atoms with van der Waals surface area (Å²) in [4.78, 5) is 14.7. The molecule has 3 rings (SSSR count). The van der Waals surface area contributed by atoms with Gasteiger partial charge in [-0.1, -0.05) is 37.6 Å². The fourth-order valence-electron chi connectivity index (χ4n) is 3.11. The minimum atomic E-state index is 0.153. The molecule has 0 N–H and O–H groups in total. The molecule has 0 radical (unpaired) electrons. The zero-order valence-corrected chi connectivity index (χ0v) is 13.8. The lowest BCUT2D eigenvalue weighted by Crippen LogP contribution is -2.37. The van der Waals surface area contributed by atoms with E-state index in [1.165, 1.54) is 11.1 Å². The van der Waals surface area contributed by atoms with Crippen LogP contribution in [0.3, 0.4) is 0 Å². The third kappa shape index (κ3) is 3.39. The Labute approximate surface area is 137 Å². The SMILES string of the molecule is CCCc1ccc2c(c1)C(=O)N(Cc1ccc(OC)cc1)CC2. The molecule has 23 heavy (non-hydrogen) atoms. The van der Waals surface area contributed by atoms with Gasteiger partial charge >= 0.3 is 0 Å². The van der Waals surface area contributed by atoms with Crippen LogP contribution in [-0.2, 0) is 19.4 Å². The van der Waals surface area contributed by atoms with E-state index in [0.717, 1.165) is 42.7 Å². The highest BCUT2D eigenvalue weighted by Crippen LogP contribution is 2.23. The van der Waals surface area contributed by atoms with E-state index in [1.807, 2.05) is 29.2 Å². The Kier molecular flexibility index (Phi) is 4.65. The number of methoxy groups -OCH3 is 1. The molecular formula is C20H23NO2. The van der Waals surface area contributed by atoms with Crippen molar-refractivity contribution in [2.24, 2.45) is 0 Å². The zero-order valence-electron chi connectivity index (χ0n) is 13.8. The van der Waals surface area contributed by atoms with E-state index in [4.69, 9.17) is 4.74 Å². The highest BCUT2D eigenvalue weighted by molar-refractivity contribution is 5.96. The van der Waals surface area contributed by atoms with Crippen LogP contribution >= 0.6 is 0 Å². The summed E-state index contributed by atoms with van der Waals surface area (Å²) in [5.41, 5.74) is 4.45. The van der Waals surface area contributed by atoms with Crippen LogP contribution in [0.2, 0.25) is 0 Å². The molecule has 0 unspecified atom stereocenters. The summed E-state index contributed by atoms with van der Waals surface area (Å²) >= 11 is 0. The van der Waals surface area contributed by atoms with Crippen LogP contribution < -0.4 is 4.74 Å². The van der Waals surface area contributed by atoms with E-state index in [9.17, 15) is 4.79 Å². The van der Waals surface area contributed by atoms with Crippen LogP contribution in [0.15, 0.2) is 42.5 Å². The van der Waals surface area contributed by atoms with Gasteiger partial charge in [0.2, 0.25) is 0 Å². The lowest BCUT2D eigenvalue weighted by Gasteiger charge is -2.29. The number of carbonyl (C=O) groups is 1. The summed E-state index contributed by atoms with van der Waals surface area (Å²) in [6.45, 7) is 3.60. The molecule has 0 fully saturated rings. The van der Waals surface area contributed by atoms with Crippen LogP contribution in [0.5, 0.6) is 5.75 Å². The van der Waals surface area contributed by atoms with E-state index >= 15 is 0 Å². The zero-order chi connectivity index (χ0) is 16.2. The fraction of sp³-hybridized carbons (Fsp3) is 0.350. The molecule has 1 amide bonds. The molecule has 0 atom stereocenters. The monoisotopic (exact) mass is 309 g/mol. The normalized spacial score (nSPS) is 13.8. The second-order valence-corrected chi connectivity index (χ2v) is 6.07. The molecule has 0 aliphatic carbocycles.